The average molecular weight is 305 g/mol. The molecule has 1 rings (SSSR count). The summed E-state index contributed by atoms with van der Waals surface area (Å²) in [5.41, 5.74) is 1.19. The van der Waals surface area contributed by atoms with Crippen LogP contribution < -0.4 is 5.32 Å². The minimum Gasteiger partial charge on any atom is -0.449 e. The number of amides is 1. The molecule has 0 aliphatic carbocycles. The first-order valence-electron chi connectivity index (χ1n) is 8.77. The molecule has 0 unspecified atom stereocenters. The Hall–Kier alpha value is -1.51. The van der Waals surface area contributed by atoms with E-state index < -0.39 is 0 Å². The van der Waals surface area contributed by atoms with Gasteiger partial charge < -0.3 is 10.1 Å². The van der Waals surface area contributed by atoms with E-state index in [1.54, 1.807) is 0 Å². The molecule has 1 aromatic carbocycles. The molecule has 0 spiro atoms. The highest BCUT2D eigenvalue weighted by Gasteiger charge is 2.01. The van der Waals surface area contributed by atoms with Crippen molar-refractivity contribution in [2.75, 3.05) is 13.2 Å². The normalized spacial score (nSPS) is 10.4. The third kappa shape index (κ3) is 10.3. The smallest absolute Gasteiger partial charge is 0.407 e. The summed E-state index contributed by atoms with van der Waals surface area (Å²) in [5.74, 6) is 0. The summed E-state index contributed by atoms with van der Waals surface area (Å²) in [6, 6.07) is 10.1. The Bertz CT molecular complexity index is 378. The topological polar surface area (TPSA) is 38.3 Å². The number of ether oxygens (including phenoxy) is 1. The molecule has 22 heavy (non-hydrogen) atoms. The van der Waals surface area contributed by atoms with E-state index >= 15 is 0 Å². The minimum atomic E-state index is -0.293. The summed E-state index contributed by atoms with van der Waals surface area (Å²) < 4.78 is 5.17. The maximum Gasteiger partial charge on any atom is 0.407 e. The highest BCUT2D eigenvalue weighted by atomic mass is 16.5. The van der Waals surface area contributed by atoms with Crippen LogP contribution >= 0.6 is 0 Å². The SMILES string of the molecule is CCCCCCCCCCNC(=O)OCCc1ccccc1. The maximum atomic E-state index is 11.5. The lowest BCUT2D eigenvalue weighted by Crippen LogP contribution is -2.26. The molecule has 3 heteroatoms. The fraction of sp³-hybridized carbons (Fsp3) is 0.632. The van der Waals surface area contributed by atoms with Crippen molar-refractivity contribution in [1.82, 2.24) is 5.32 Å². The van der Waals surface area contributed by atoms with E-state index in [4.69, 9.17) is 4.74 Å². The number of carbonyl (C=O) groups excluding carboxylic acids is 1. The van der Waals surface area contributed by atoms with Crippen LogP contribution in [0.25, 0.3) is 0 Å². The van der Waals surface area contributed by atoms with Gasteiger partial charge in [-0.1, -0.05) is 82.2 Å². The molecular formula is C19H31NO2. The molecule has 0 heterocycles. The molecule has 1 amide bonds. The maximum absolute atomic E-state index is 11.5. The molecular weight excluding hydrogens is 274 g/mol. The van der Waals surface area contributed by atoms with Crippen LogP contribution in [0.15, 0.2) is 30.3 Å². The van der Waals surface area contributed by atoms with Crippen LogP contribution in [-0.2, 0) is 11.2 Å². The Labute approximate surface area is 135 Å². The van der Waals surface area contributed by atoms with Gasteiger partial charge in [-0.15, -0.1) is 0 Å². The second-order valence-electron chi connectivity index (χ2n) is 5.77. The molecule has 124 valence electrons. The van der Waals surface area contributed by atoms with Gasteiger partial charge in [-0.25, -0.2) is 4.79 Å². The number of nitrogens with one attached hydrogen (secondary N) is 1. The molecule has 0 fully saturated rings. The molecule has 0 aliphatic rings. The lowest BCUT2D eigenvalue weighted by atomic mass is 10.1. The standard InChI is InChI=1S/C19H31NO2/c1-2-3-4-5-6-7-8-12-16-20-19(21)22-17-15-18-13-10-9-11-14-18/h9-11,13-14H,2-8,12,15-17H2,1H3,(H,20,21). The molecule has 0 radical (unpaired) electrons. The van der Waals surface area contributed by atoms with Crippen molar-refractivity contribution in [2.45, 2.75) is 64.7 Å². The molecule has 0 saturated heterocycles. The van der Waals surface area contributed by atoms with Gasteiger partial charge in [-0.2, -0.15) is 0 Å². The molecule has 3 nitrogen and oxygen atoms in total. The van der Waals surface area contributed by atoms with E-state index in [1.165, 1.54) is 50.5 Å². The van der Waals surface area contributed by atoms with Crippen molar-refractivity contribution >= 4 is 6.09 Å². The van der Waals surface area contributed by atoms with Gasteiger partial charge in [0.05, 0.1) is 6.61 Å². The van der Waals surface area contributed by atoms with Gasteiger partial charge in [0.25, 0.3) is 0 Å². The zero-order chi connectivity index (χ0) is 15.9. The number of benzene rings is 1. The first-order chi connectivity index (χ1) is 10.8. The Morgan fingerprint density at radius 2 is 1.59 bits per heavy atom. The fourth-order valence-electron chi connectivity index (χ4n) is 2.41. The first kappa shape index (κ1) is 18.5. The van der Waals surface area contributed by atoms with Crippen molar-refractivity contribution in [3.8, 4) is 0 Å². The lowest BCUT2D eigenvalue weighted by molar-refractivity contribution is 0.147. The van der Waals surface area contributed by atoms with Crippen molar-refractivity contribution in [3.05, 3.63) is 35.9 Å². The minimum absolute atomic E-state index is 0.293. The molecule has 0 bridgehead atoms. The van der Waals surface area contributed by atoms with E-state index in [9.17, 15) is 4.79 Å². The molecule has 0 atom stereocenters. The first-order valence-corrected chi connectivity index (χ1v) is 8.77. The van der Waals surface area contributed by atoms with Crippen LogP contribution in [0.4, 0.5) is 4.79 Å². The Morgan fingerprint density at radius 3 is 2.27 bits per heavy atom. The number of unbranched alkanes of at least 4 members (excludes halogenated alkanes) is 7. The van der Waals surface area contributed by atoms with E-state index in [1.807, 2.05) is 30.3 Å². The Balaban J connectivity index is 1.87. The molecule has 1 aromatic rings. The fourth-order valence-corrected chi connectivity index (χ4v) is 2.41. The number of hydrogen-bond acceptors (Lipinski definition) is 2. The highest BCUT2D eigenvalue weighted by molar-refractivity contribution is 5.67. The van der Waals surface area contributed by atoms with Gasteiger partial charge in [0.1, 0.15) is 0 Å². The zero-order valence-corrected chi connectivity index (χ0v) is 14.0. The summed E-state index contributed by atoms with van der Waals surface area (Å²) in [4.78, 5) is 11.5. The van der Waals surface area contributed by atoms with Crippen LogP contribution in [0.2, 0.25) is 0 Å². The van der Waals surface area contributed by atoms with E-state index in [0.717, 1.165) is 19.4 Å². The predicted molar refractivity (Wildman–Crippen MR) is 92.1 cm³/mol. The summed E-state index contributed by atoms with van der Waals surface area (Å²) >= 11 is 0. The predicted octanol–water partition coefficient (Wildman–Crippen LogP) is 5.10. The van der Waals surface area contributed by atoms with Crippen LogP contribution in [0.1, 0.15) is 63.9 Å². The number of carbonyl (C=O) groups is 1. The average Bonchev–Trinajstić information content (AvgIpc) is 2.54. The van der Waals surface area contributed by atoms with Crippen molar-refractivity contribution in [3.63, 3.8) is 0 Å². The summed E-state index contributed by atoms with van der Waals surface area (Å²) in [6.07, 6.45) is 10.7. The second-order valence-corrected chi connectivity index (χ2v) is 5.77. The third-order valence-electron chi connectivity index (χ3n) is 3.77. The van der Waals surface area contributed by atoms with Gasteiger partial charge in [0.2, 0.25) is 0 Å². The van der Waals surface area contributed by atoms with Gasteiger partial charge >= 0.3 is 6.09 Å². The number of hydrogen-bond donors (Lipinski definition) is 1. The zero-order valence-electron chi connectivity index (χ0n) is 14.0. The van der Waals surface area contributed by atoms with Crippen LogP contribution in [0, 0.1) is 0 Å². The quantitative estimate of drug-likeness (QED) is 0.546. The Morgan fingerprint density at radius 1 is 0.955 bits per heavy atom. The van der Waals surface area contributed by atoms with Gasteiger partial charge in [-0.3, -0.25) is 0 Å². The van der Waals surface area contributed by atoms with Crippen LogP contribution in [0.3, 0.4) is 0 Å². The monoisotopic (exact) mass is 305 g/mol. The van der Waals surface area contributed by atoms with Crippen LogP contribution in [0.5, 0.6) is 0 Å². The second kappa shape index (κ2) is 13.2. The Kier molecular flexibility index (Phi) is 11.1. The highest BCUT2D eigenvalue weighted by Crippen LogP contribution is 2.07. The molecule has 0 aromatic heterocycles. The largest absolute Gasteiger partial charge is 0.449 e. The number of rotatable bonds is 12. The molecule has 0 aliphatic heterocycles. The van der Waals surface area contributed by atoms with Crippen LogP contribution in [-0.4, -0.2) is 19.2 Å². The van der Waals surface area contributed by atoms with E-state index in [2.05, 4.69) is 12.2 Å². The molecule has 1 N–H and O–H groups in total. The third-order valence-corrected chi connectivity index (χ3v) is 3.77. The summed E-state index contributed by atoms with van der Waals surface area (Å²) in [6.45, 7) is 3.40. The van der Waals surface area contributed by atoms with Gasteiger partial charge in [0.15, 0.2) is 0 Å². The number of alkyl carbamates (subject to hydrolysis) is 1. The summed E-state index contributed by atoms with van der Waals surface area (Å²) in [5, 5.41) is 2.82. The lowest BCUT2D eigenvalue weighted by Gasteiger charge is -2.07. The van der Waals surface area contributed by atoms with E-state index in [0.29, 0.717) is 6.61 Å². The molecule has 0 saturated carbocycles. The van der Waals surface area contributed by atoms with Crippen molar-refractivity contribution in [1.29, 1.82) is 0 Å². The van der Waals surface area contributed by atoms with Crippen molar-refractivity contribution in [2.24, 2.45) is 0 Å². The van der Waals surface area contributed by atoms with Gasteiger partial charge in [0, 0.05) is 13.0 Å². The van der Waals surface area contributed by atoms with E-state index in [-0.39, 0.29) is 6.09 Å². The van der Waals surface area contributed by atoms with Crippen molar-refractivity contribution < 1.29 is 9.53 Å². The van der Waals surface area contributed by atoms with Gasteiger partial charge in [-0.05, 0) is 12.0 Å². The summed E-state index contributed by atoms with van der Waals surface area (Å²) in [7, 11) is 0.